The van der Waals surface area contributed by atoms with Crippen molar-refractivity contribution in [3.8, 4) is 0 Å². The van der Waals surface area contributed by atoms with Gasteiger partial charge in [0, 0.05) is 6.92 Å². The van der Waals surface area contributed by atoms with Gasteiger partial charge >= 0.3 is 16.3 Å². The largest absolute Gasteiger partial charge is 0.480 e. The molecule has 0 aromatic carbocycles. The van der Waals surface area contributed by atoms with Crippen LogP contribution in [0.1, 0.15) is 13.3 Å². The number of rotatable bonds is 6. The fourth-order valence-electron chi connectivity index (χ4n) is 1.11. The van der Waals surface area contributed by atoms with Crippen molar-refractivity contribution < 1.29 is 27.7 Å². The summed E-state index contributed by atoms with van der Waals surface area (Å²) in [5, 5.41) is 8.80. The number of carbonyl (C=O) groups is 2. The van der Waals surface area contributed by atoms with E-state index in [1.54, 1.807) is 6.26 Å². The fourth-order valence-corrected chi connectivity index (χ4v) is 2.41. The van der Waals surface area contributed by atoms with Gasteiger partial charge < -0.3 is 5.11 Å². The second-order valence-electron chi connectivity index (χ2n) is 2.93. The zero-order valence-electron chi connectivity index (χ0n) is 8.78. The van der Waals surface area contributed by atoms with Crippen LogP contribution in [0.5, 0.6) is 0 Å². The highest BCUT2D eigenvalue weighted by Crippen LogP contribution is 2.12. The lowest BCUT2D eigenvalue weighted by Gasteiger charge is -2.23. The molecule has 0 aromatic heterocycles. The van der Waals surface area contributed by atoms with E-state index < -0.39 is 28.2 Å². The van der Waals surface area contributed by atoms with Crippen LogP contribution in [-0.4, -0.2) is 52.3 Å². The maximum absolute atomic E-state index is 11.0. The van der Waals surface area contributed by atoms with Crippen LogP contribution in [-0.2, 0) is 19.9 Å². The lowest BCUT2D eigenvalue weighted by Crippen LogP contribution is -2.47. The highest BCUT2D eigenvalue weighted by atomic mass is 32.2. The standard InChI is InChI=1S/C7H13NO6S2/c1-5(9)8(16(12,13)14)6(7(10)11)3-4-15-2/h6H,3-4H2,1-2H3,(H,10,11)(H,12,13,14). The number of carboxylic acids is 1. The number of carbonyl (C=O) groups excluding carboxylic acids is 1. The summed E-state index contributed by atoms with van der Waals surface area (Å²) in [5.41, 5.74) is 0. The second kappa shape index (κ2) is 6.06. The molecule has 0 aliphatic heterocycles. The monoisotopic (exact) mass is 271 g/mol. The maximum atomic E-state index is 11.0. The third kappa shape index (κ3) is 4.37. The van der Waals surface area contributed by atoms with Crippen molar-refractivity contribution in [2.24, 2.45) is 0 Å². The normalized spacial score (nSPS) is 13.2. The van der Waals surface area contributed by atoms with Gasteiger partial charge in [-0.1, -0.05) is 0 Å². The van der Waals surface area contributed by atoms with Gasteiger partial charge in [-0.15, -0.1) is 0 Å². The molecule has 7 nitrogen and oxygen atoms in total. The molecule has 16 heavy (non-hydrogen) atoms. The summed E-state index contributed by atoms with van der Waals surface area (Å²) in [7, 11) is -4.85. The first-order chi connectivity index (χ1) is 7.21. The molecule has 9 heteroatoms. The summed E-state index contributed by atoms with van der Waals surface area (Å²) < 4.78 is 30.5. The molecule has 0 spiro atoms. The van der Waals surface area contributed by atoms with Crippen molar-refractivity contribution in [2.45, 2.75) is 19.4 Å². The lowest BCUT2D eigenvalue weighted by atomic mass is 10.2. The fraction of sp³-hybridized carbons (Fsp3) is 0.714. The Bertz CT molecular complexity index is 365. The molecule has 0 fully saturated rings. The molecule has 0 radical (unpaired) electrons. The lowest BCUT2D eigenvalue weighted by molar-refractivity contribution is -0.145. The Morgan fingerprint density at radius 2 is 1.94 bits per heavy atom. The first kappa shape index (κ1) is 15.2. The molecule has 0 saturated heterocycles. The van der Waals surface area contributed by atoms with E-state index in [9.17, 15) is 18.0 Å². The Morgan fingerprint density at radius 1 is 1.44 bits per heavy atom. The number of hydrogen-bond acceptors (Lipinski definition) is 5. The Hall–Kier alpha value is -0.800. The summed E-state index contributed by atoms with van der Waals surface area (Å²) in [5.74, 6) is -2.14. The van der Waals surface area contributed by atoms with Gasteiger partial charge in [0.25, 0.3) is 0 Å². The molecule has 1 amide bonds. The SMILES string of the molecule is CSCCC(C(=O)O)N(C(C)=O)S(=O)(=O)O. The zero-order valence-corrected chi connectivity index (χ0v) is 10.4. The molecule has 0 saturated carbocycles. The summed E-state index contributed by atoms with van der Waals surface area (Å²) in [6, 6.07) is -1.57. The van der Waals surface area contributed by atoms with Crippen molar-refractivity contribution in [3.63, 3.8) is 0 Å². The molecular formula is C7H13NO6S2. The van der Waals surface area contributed by atoms with Crippen LogP contribution in [0.3, 0.4) is 0 Å². The molecule has 1 atom stereocenters. The van der Waals surface area contributed by atoms with Gasteiger partial charge in [-0.25, -0.2) is 9.10 Å². The summed E-state index contributed by atoms with van der Waals surface area (Å²) in [6.07, 6.45) is 1.65. The number of amides is 1. The average molecular weight is 271 g/mol. The van der Waals surface area contributed by atoms with Crippen molar-refractivity contribution >= 4 is 33.9 Å². The minimum Gasteiger partial charge on any atom is -0.480 e. The Kier molecular flexibility index (Phi) is 5.76. The Morgan fingerprint density at radius 3 is 2.19 bits per heavy atom. The van der Waals surface area contributed by atoms with Gasteiger partial charge in [-0.3, -0.25) is 9.35 Å². The number of aliphatic carboxylic acids is 1. The predicted molar refractivity (Wildman–Crippen MR) is 58.5 cm³/mol. The van der Waals surface area contributed by atoms with Gasteiger partial charge in [-0.2, -0.15) is 20.2 Å². The number of carboxylic acid groups (broad SMARTS) is 1. The average Bonchev–Trinajstić information content (AvgIpc) is 2.08. The molecule has 0 aromatic rings. The number of nitrogens with zero attached hydrogens (tertiary/aromatic N) is 1. The molecule has 94 valence electrons. The first-order valence-electron chi connectivity index (χ1n) is 4.21. The predicted octanol–water partition coefficient (Wildman–Crippen LogP) is -0.156. The van der Waals surface area contributed by atoms with E-state index >= 15 is 0 Å². The van der Waals surface area contributed by atoms with Gasteiger partial charge in [-0.05, 0) is 18.4 Å². The maximum Gasteiger partial charge on any atom is 0.362 e. The van der Waals surface area contributed by atoms with Crippen molar-refractivity contribution in [2.75, 3.05) is 12.0 Å². The smallest absolute Gasteiger partial charge is 0.362 e. The van der Waals surface area contributed by atoms with Gasteiger partial charge in [0.05, 0.1) is 0 Å². The summed E-state index contributed by atoms with van der Waals surface area (Å²) in [6.45, 7) is 0.878. The second-order valence-corrected chi connectivity index (χ2v) is 5.20. The van der Waals surface area contributed by atoms with Crippen LogP contribution < -0.4 is 0 Å². The van der Waals surface area contributed by atoms with Gasteiger partial charge in [0.1, 0.15) is 6.04 Å². The molecular weight excluding hydrogens is 258 g/mol. The van der Waals surface area contributed by atoms with E-state index in [0.29, 0.717) is 5.75 Å². The Labute approximate surface area is 97.7 Å². The van der Waals surface area contributed by atoms with Crippen LogP contribution in [0, 0.1) is 0 Å². The topological polar surface area (TPSA) is 112 Å². The van der Waals surface area contributed by atoms with E-state index in [2.05, 4.69) is 0 Å². The molecule has 0 rings (SSSR count). The zero-order chi connectivity index (χ0) is 12.9. The quantitative estimate of drug-likeness (QED) is 0.646. The van der Waals surface area contributed by atoms with E-state index in [1.165, 1.54) is 11.8 Å². The molecule has 0 heterocycles. The Balaban J connectivity index is 5.12. The van der Waals surface area contributed by atoms with Crippen LogP contribution in [0.25, 0.3) is 0 Å². The minimum absolute atomic E-state index is 0.0223. The molecule has 2 N–H and O–H groups in total. The van der Waals surface area contributed by atoms with Gasteiger partial charge in [0.15, 0.2) is 0 Å². The van der Waals surface area contributed by atoms with Crippen molar-refractivity contribution in [3.05, 3.63) is 0 Å². The van der Waals surface area contributed by atoms with Crippen molar-refractivity contribution in [1.82, 2.24) is 4.31 Å². The number of hydrogen-bond donors (Lipinski definition) is 2. The number of thioether (sulfide) groups is 1. The summed E-state index contributed by atoms with van der Waals surface area (Å²) >= 11 is 1.31. The summed E-state index contributed by atoms with van der Waals surface area (Å²) in [4.78, 5) is 21.8. The highest BCUT2D eigenvalue weighted by Gasteiger charge is 2.35. The minimum atomic E-state index is -4.85. The molecule has 0 bridgehead atoms. The van der Waals surface area contributed by atoms with Crippen molar-refractivity contribution in [1.29, 1.82) is 0 Å². The first-order valence-corrected chi connectivity index (χ1v) is 7.00. The third-order valence-corrected chi connectivity index (χ3v) is 3.38. The molecule has 0 aliphatic rings. The molecule has 1 unspecified atom stereocenters. The molecule has 0 aliphatic carbocycles. The van der Waals surface area contributed by atoms with E-state index in [0.717, 1.165) is 6.92 Å². The van der Waals surface area contributed by atoms with E-state index in [-0.39, 0.29) is 10.7 Å². The van der Waals surface area contributed by atoms with Crippen LogP contribution >= 0.6 is 11.8 Å². The van der Waals surface area contributed by atoms with Crippen LogP contribution in [0.4, 0.5) is 0 Å². The highest BCUT2D eigenvalue weighted by molar-refractivity contribution is 7.98. The van der Waals surface area contributed by atoms with Crippen LogP contribution in [0.15, 0.2) is 0 Å². The van der Waals surface area contributed by atoms with E-state index in [4.69, 9.17) is 9.66 Å². The third-order valence-electron chi connectivity index (χ3n) is 1.72. The van der Waals surface area contributed by atoms with Gasteiger partial charge in [0.2, 0.25) is 5.91 Å². The van der Waals surface area contributed by atoms with E-state index in [1.807, 2.05) is 0 Å². The van der Waals surface area contributed by atoms with Crippen LogP contribution in [0.2, 0.25) is 0 Å².